The minimum atomic E-state index is -1.22. The molecule has 0 aromatic heterocycles. The molecule has 1 heterocycles. The van der Waals surface area contributed by atoms with Crippen LogP contribution in [0, 0.1) is 5.82 Å². The highest BCUT2D eigenvalue weighted by molar-refractivity contribution is 6.61. The molecule has 5 heteroatoms. The first kappa shape index (κ1) is 9.64. The van der Waals surface area contributed by atoms with Gasteiger partial charge in [-0.3, -0.25) is 0 Å². The summed E-state index contributed by atoms with van der Waals surface area (Å²) < 4.78 is 18.6. The van der Waals surface area contributed by atoms with E-state index in [1.165, 1.54) is 6.07 Å². The van der Waals surface area contributed by atoms with Crippen LogP contribution in [0.15, 0.2) is 12.1 Å². The van der Waals surface area contributed by atoms with Gasteiger partial charge in [0.15, 0.2) is 0 Å². The molecule has 2 rings (SSSR count). The van der Waals surface area contributed by atoms with Crippen LogP contribution >= 0.6 is 0 Å². The summed E-state index contributed by atoms with van der Waals surface area (Å²) in [5, 5.41) is 18.2. The van der Waals surface area contributed by atoms with E-state index in [0.29, 0.717) is 5.56 Å². The second-order valence-corrected chi connectivity index (χ2v) is 3.33. The average Bonchev–Trinajstić information content (AvgIpc) is 2.44. The highest BCUT2D eigenvalue weighted by Crippen LogP contribution is 2.24. The van der Waals surface area contributed by atoms with Crippen molar-refractivity contribution >= 4 is 12.6 Å². The van der Waals surface area contributed by atoms with Gasteiger partial charge in [-0.05, 0) is 12.5 Å². The highest BCUT2D eigenvalue weighted by Gasteiger charge is 2.36. The summed E-state index contributed by atoms with van der Waals surface area (Å²) in [4.78, 5) is 0. The number of hydrogen-bond donors (Lipinski definition) is 2. The van der Waals surface area contributed by atoms with Crippen LogP contribution in [-0.2, 0) is 11.3 Å². The molecule has 0 amide bonds. The predicted octanol–water partition coefficient (Wildman–Crippen LogP) is 0.0967. The van der Waals surface area contributed by atoms with Gasteiger partial charge in [-0.2, -0.15) is 0 Å². The van der Waals surface area contributed by atoms with Crippen molar-refractivity contribution in [2.24, 2.45) is 0 Å². The van der Waals surface area contributed by atoms with E-state index in [1.54, 1.807) is 13.0 Å². The lowest BCUT2D eigenvalue weighted by atomic mass is 9.78. The zero-order chi connectivity index (χ0) is 10.3. The first-order valence-electron chi connectivity index (χ1n) is 4.40. The first-order chi connectivity index (χ1) is 6.65. The minimum absolute atomic E-state index is 0.157. The van der Waals surface area contributed by atoms with Crippen LogP contribution in [0.1, 0.15) is 24.2 Å². The maximum absolute atomic E-state index is 13.6. The van der Waals surface area contributed by atoms with Gasteiger partial charge in [-0.15, -0.1) is 0 Å². The molecule has 1 unspecified atom stereocenters. The second kappa shape index (κ2) is 3.35. The summed E-state index contributed by atoms with van der Waals surface area (Å²) >= 11 is 0. The Morgan fingerprint density at radius 1 is 1.57 bits per heavy atom. The Kier molecular flexibility index (Phi) is 2.30. The molecule has 0 radical (unpaired) electrons. The molecule has 2 N–H and O–H groups in total. The zero-order valence-electron chi connectivity index (χ0n) is 7.70. The molecular weight excluding hydrogens is 186 g/mol. The Bertz CT molecular complexity index is 369. The van der Waals surface area contributed by atoms with E-state index in [9.17, 15) is 9.41 Å². The zero-order valence-corrected chi connectivity index (χ0v) is 7.70. The van der Waals surface area contributed by atoms with Crippen molar-refractivity contribution < 1.29 is 19.2 Å². The normalized spacial score (nSPS) is 20.0. The largest absolute Gasteiger partial charge is 0.495 e. The van der Waals surface area contributed by atoms with Gasteiger partial charge < -0.3 is 14.8 Å². The maximum atomic E-state index is 13.6. The molecule has 0 fully saturated rings. The first-order valence-corrected chi connectivity index (χ1v) is 4.40. The lowest BCUT2D eigenvalue weighted by molar-refractivity contribution is 0.209. The number of rotatable bonds is 1. The molecule has 3 nitrogen and oxygen atoms in total. The third-order valence-corrected chi connectivity index (χ3v) is 2.48. The summed E-state index contributed by atoms with van der Waals surface area (Å²) in [6, 6.07) is 3.18. The number of aliphatic hydroxyl groups is 1. The number of aliphatic hydroxyl groups excluding tert-OH is 1. The van der Waals surface area contributed by atoms with E-state index in [0.717, 1.165) is 0 Å². The summed E-state index contributed by atoms with van der Waals surface area (Å²) in [5.41, 5.74) is 0.983. The van der Waals surface area contributed by atoms with E-state index in [2.05, 4.69) is 0 Å². The molecule has 0 saturated carbocycles. The molecular formula is C9H10BFO3. The van der Waals surface area contributed by atoms with Crippen LogP contribution in [0.5, 0.6) is 0 Å². The van der Waals surface area contributed by atoms with Crippen LogP contribution in [-0.4, -0.2) is 17.2 Å². The molecule has 1 atom stereocenters. The SMILES string of the molecule is CC1OB(O)c2c1ccc(CO)c2F. The Labute approximate surface area is 81.3 Å². The van der Waals surface area contributed by atoms with E-state index in [-0.39, 0.29) is 23.7 Å². The monoisotopic (exact) mass is 196 g/mol. The lowest BCUT2D eigenvalue weighted by Gasteiger charge is -2.06. The number of fused-ring (bicyclic) bond motifs is 1. The standard InChI is InChI=1S/C9H10BFO3/c1-5-7-3-2-6(4-12)9(11)8(7)10(13)14-5/h2-3,5,12-13H,4H2,1H3. The molecule has 1 aliphatic rings. The molecule has 0 spiro atoms. The molecule has 0 aliphatic carbocycles. The fourth-order valence-corrected chi connectivity index (χ4v) is 1.72. The number of halogens is 1. The van der Waals surface area contributed by atoms with E-state index in [4.69, 9.17) is 9.76 Å². The Hall–Kier alpha value is -0.905. The molecule has 1 aromatic carbocycles. The van der Waals surface area contributed by atoms with Crippen LogP contribution in [0.25, 0.3) is 0 Å². The van der Waals surface area contributed by atoms with Gasteiger partial charge in [0.25, 0.3) is 0 Å². The van der Waals surface area contributed by atoms with E-state index in [1.807, 2.05) is 0 Å². The topological polar surface area (TPSA) is 49.7 Å². The van der Waals surface area contributed by atoms with Crippen LogP contribution in [0.4, 0.5) is 4.39 Å². The van der Waals surface area contributed by atoms with Gasteiger partial charge in [-0.1, -0.05) is 12.1 Å². The molecule has 1 aromatic rings. The smallest absolute Gasteiger partial charge is 0.423 e. The van der Waals surface area contributed by atoms with Crippen molar-refractivity contribution in [3.8, 4) is 0 Å². The number of hydrogen-bond acceptors (Lipinski definition) is 3. The van der Waals surface area contributed by atoms with Crippen molar-refractivity contribution in [1.82, 2.24) is 0 Å². The number of benzene rings is 1. The Morgan fingerprint density at radius 2 is 2.29 bits per heavy atom. The molecule has 0 saturated heterocycles. The van der Waals surface area contributed by atoms with Crippen molar-refractivity contribution in [2.45, 2.75) is 19.6 Å². The van der Waals surface area contributed by atoms with Gasteiger partial charge in [0, 0.05) is 11.0 Å². The van der Waals surface area contributed by atoms with Crippen molar-refractivity contribution in [1.29, 1.82) is 0 Å². The molecule has 14 heavy (non-hydrogen) atoms. The van der Waals surface area contributed by atoms with Gasteiger partial charge in [0.05, 0.1) is 12.7 Å². The lowest BCUT2D eigenvalue weighted by Crippen LogP contribution is -2.32. The average molecular weight is 196 g/mol. The third kappa shape index (κ3) is 1.25. The van der Waals surface area contributed by atoms with Gasteiger partial charge in [-0.25, -0.2) is 4.39 Å². The molecule has 0 bridgehead atoms. The summed E-state index contributed by atoms with van der Waals surface area (Å²) in [6.07, 6.45) is -0.303. The Balaban J connectivity index is 2.58. The summed E-state index contributed by atoms with van der Waals surface area (Å²) in [7, 11) is -1.22. The summed E-state index contributed by atoms with van der Waals surface area (Å²) in [5.74, 6) is -0.568. The van der Waals surface area contributed by atoms with Crippen LogP contribution < -0.4 is 5.46 Å². The molecule has 1 aliphatic heterocycles. The van der Waals surface area contributed by atoms with Gasteiger partial charge >= 0.3 is 7.12 Å². The van der Waals surface area contributed by atoms with Crippen LogP contribution in [0.3, 0.4) is 0 Å². The van der Waals surface area contributed by atoms with Crippen molar-refractivity contribution in [3.63, 3.8) is 0 Å². The fourth-order valence-electron chi connectivity index (χ4n) is 1.72. The Morgan fingerprint density at radius 3 is 2.93 bits per heavy atom. The highest BCUT2D eigenvalue weighted by atomic mass is 19.1. The maximum Gasteiger partial charge on any atom is 0.495 e. The van der Waals surface area contributed by atoms with E-state index >= 15 is 0 Å². The van der Waals surface area contributed by atoms with Gasteiger partial charge in [0.1, 0.15) is 5.82 Å². The van der Waals surface area contributed by atoms with E-state index < -0.39 is 12.9 Å². The predicted molar refractivity (Wildman–Crippen MR) is 49.4 cm³/mol. The fraction of sp³-hybridized carbons (Fsp3) is 0.333. The van der Waals surface area contributed by atoms with Crippen molar-refractivity contribution in [3.05, 3.63) is 29.1 Å². The molecule has 74 valence electrons. The quantitative estimate of drug-likeness (QED) is 0.626. The summed E-state index contributed by atoms with van der Waals surface area (Å²) in [6.45, 7) is 1.37. The van der Waals surface area contributed by atoms with Gasteiger partial charge in [0.2, 0.25) is 0 Å². The third-order valence-electron chi connectivity index (χ3n) is 2.48. The van der Waals surface area contributed by atoms with Crippen LogP contribution in [0.2, 0.25) is 0 Å². The minimum Gasteiger partial charge on any atom is -0.423 e. The second-order valence-electron chi connectivity index (χ2n) is 3.33. The van der Waals surface area contributed by atoms with Crippen molar-refractivity contribution in [2.75, 3.05) is 0 Å².